The summed E-state index contributed by atoms with van der Waals surface area (Å²) in [5, 5.41) is 14.1. The van der Waals surface area contributed by atoms with E-state index in [1.54, 1.807) is 0 Å². The van der Waals surface area contributed by atoms with Crippen LogP contribution in [0, 0.1) is 10.1 Å². The molecule has 112 valence electrons. The maximum Gasteiger partial charge on any atom is 0.314 e. The summed E-state index contributed by atoms with van der Waals surface area (Å²) in [5.74, 6) is 0. The van der Waals surface area contributed by atoms with Gasteiger partial charge in [-0.2, -0.15) is 0 Å². The predicted molar refractivity (Wildman–Crippen MR) is 82.0 cm³/mol. The second kappa shape index (κ2) is 5.78. The van der Waals surface area contributed by atoms with Gasteiger partial charge in [-0.1, -0.05) is 0 Å². The van der Waals surface area contributed by atoms with Crippen molar-refractivity contribution >= 4 is 33.7 Å². The van der Waals surface area contributed by atoms with Crippen LogP contribution < -0.4 is 16.4 Å². The van der Waals surface area contributed by atoms with Gasteiger partial charge in [0, 0.05) is 24.7 Å². The number of nitrogens with one attached hydrogen (secondary N) is 3. The minimum atomic E-state index is -0.820. The van der Waals surface area contributed by atoms with Crippen LogP contribution in [0.15, 0.2) is 21.7 Å². The Morgan fingerprint density at radius 2 is 1.90 bits per heavy atom. The van der Waals surface area contributed by atoms with E-state index in [0.29, 0.717) is 23.7 Å². The Labute approximate surface area is 128 Å². The zero-order chi connectivity index (χ0) is 14.3. The summed E-state index contributed by atoms with van der Waals surface area (Å²) < 4.78 is 0. The van der Waals surface area contributed by atoms with Crippen LogP contribution in [0.1, 0.15) is 18.4 Å². The third kappa shape index (κ3) is 3.19. The SMILES string of the molecule is Br.O=c1[nH]c2cc([N+](=O)[O-])cc(CNC3CC3)c2[nH]c1=O. The van der Waals surface area contributed by atoms with Crippen LogP contribution in [-0.4, -0.2) is 20.9 Å². The molecule has 1 aliphatic carbocycles. The van der Waals surface area contributed by atoms with Crippen LogP contribution in [-0.2, 0) is 6.54 Å². The first kappa shape index (κ1) is 15.4. The number of fused-ring (bicyclic) bond motifs is 1. The van der Waals surface area contributed by atoms with Gasteiger partial charge in [-0.25, -0.2) is 0 Å². The minimum Gasteiger partial charge on any atom is -0.316 e. The number of hydrogen-bond donors (Lipinski definition) is 3. The van der Waals surface area contributed by atoms with Crippen molar-refractivity contribution in [2.45, 2.75) is 25.4 Å². The smallest absolute Gasteiger partial charge is 0.314 e. The number of halogens is 1. The molecule has 0 radical (unpaired) electrons. The molecule has 8 nitrogen and oxygen atoms in total. The van der Waals surface area contributed by atoms with E-state index in [1.807, 2.05) is 0 Å². The highest BCUT2D eigenvalue weighted by Gasteiger charge is 2.21. The number of rotatable bonds is 4. The lowest BCUT2D eigenvalue weighted by Gasteiger charge is -2.07. The maximum atomic E-state index is 11.4. The molecule has 2 aromatic rings. The fraction of sp³-hybridized carbons (Fsp3) is 0.333. The van der Waals surface area contributed by atoms with Gasteiger partial charge in [-0.15, -0.1) is 17.0 Å². The highest BCUT2D eigenvalue weighted by molar-refractivity contribution is 8.93. The van der Waals surface area contributed by atoms with Gasteiger partial charge in [0.1, 0.15) is 0 Å². The molecule has 9 heteroatoms. The Morgan fingerprint density at radius 3 is 2.52 bits per heavy atom. The average Bonchev–Trinajstić information content (AvgIpc) is 3.21. The molecule has 1 aliphatic rings. The standard InChI is InChI=1S/C12H12N4O4.BrH/c17-11-12(18)15-10-6(5-13-7-1-2-7)3-8(16(19)20)4-9(10)14-11;/h3-4,7,13H,1-2,5H2,(H,14,17)(H,15,18);1H. The second-order valence-electron chi connectivity index (χ2n) is 4.85. The molecule has 1 saturated carbocycles. The third-order valence-corrected chi connectivity index (χ3v) is 3.27. The lowest BCUT2D eigenvalue weighted by atomic mass is 10.1. The Hall–Kier alpha value is -2.00. The van der Waals surface area contributed by atoms with Gasteiger partial charge in [-0.3, -0.25) is 19.7 Å². The molecule has 1 aromatic carbocycles. The summed E-state index contributed by atoms with van der Waals surface area (Å²) in [6.07, 6.45) is 2.17. The van der Waals surface area contributed by atoms with Crippen LogP contribution in [0.2, 0.25) is 0 Å². The largest absolute Gasteiger partial charge is 0.316 e. The predicted octanol–water partition coefficient (Wildman–Crippen LogP) is 0.954. The van der Waals surface area contributed by atoms with Gasteiger partial charge in [-0.05, 0) is 18.4 Å². The molecule has 1 heterocycles. The number of aromatic amines is 2. The summed E-state index contributed by atoms with van der Waals surface area (Å²) >= 11 is 0. The highest BCUT2D eigenvalue weighted by atomic mass is 79.9. The highest BCUT2D eigenvalue weighted by Crippen LogP contribution is 2.24. The molecular weight excluding hydrogens is 344 g/mol. The van der Waals surface area contributed by atoms with Crippen molar-refractivity contribution in [2.24, 2.45) is 0 Å². The van der Waals surface area contributed by atoms with Crippen LogP contribution in [0.4, 0.5) is 5.69 Å². The Bertz CT molecular complexity index is 809. The average molecular weight is 357 g/mol. The fourth-order valence-electron chi connectivity index (χ4n) is 2.07. The van der Waals surface area contributed by atoms with Crippen molar-refractivity contribution in [3.63, 3.8) is 0 Å². The second-order valence-corrected chi connectivity index (χ2v) is 4.85. The van der Waals surface area contributed by atoms with Crippen LogP contribution in [0.25, 0.3) is 11.0 Å². The first-order valence-electron chi connectivity index (χ1n) is 6.21. The summed E-state index contributed by atoms with van der Waals surface area (Å²) in [4.78, 5) is 38.0. The molecule has 3 rings (SSSR count). The summed E-state index contributed by atoms with van der Waals surface area (Å²) in [6.45, 7) is 0.408. The number of nitrogens with zero attached hydrogens (tertiary/aromatic N) is 1. The quantitative estimate of drug-likeness (QED) is 0.427. The Balaban J connectivity index is 0.00000161. The molecule has 0 atom stereocenters. The van der Waals surface area contributed by atoms with Crippen LogP contribution in [0.3, 0.4) is 0 Å². The first-order chi connectivity index (χ1) is 9.54. The third-order valence-electron chi connectivity index (χ3n) is 3.27. The number of aromatic nitrogens is 2. The molecule has 0 amide bonds. The van der Waals surface area contributed by atoms with Crippen molar-refractivity contribution < 1.29 is 4.92 Å². The molecule has 1 aromatic heterocycles. The maximum absolute atomic E-state index is 11.4. The van der Waals surface area contributed by atoms with E-state index in [2.05, 4.69) is 15.3 Å². The fourth-order valence-corrected chi connectivity index (χ4v) is 2.07. The number of benzene rings is 1. The number of non-ortho nitro benzene ring substituents is 1. The summed E-state index contributed by atoms with van der Waals surface area (Å²) in [5.41, 5.74) is -0.426. The van der Waals surface area contributed by atoms with E-state index in [1.165, 1.54) is 12.1 Å². The van der Waals surface area contributed by atoms with E-state index >= 15 is 0 Å². The van der Waals surface area contributed by atoms with Gasteiger partial charge in [0.05, 0.1) is 16.0 Å². The Morgan fingerprint density at radius 1 is 1.24 bits per heavy atom. The van der Waals surface area contributed by atoms with Crippen molar-refractivity contribution in [3.05, 3.63) is 48.5 Å². The van der Waals surface area contributed by atoms with Gasteiger partial charge in [0.15, 0.2) is 0 Å². The van der Waals surface area contributed by atoms with E-state index in [-0.39, 0.29) is 28.2 Å². The zero-order valence-electron chi connectivity index (χ0n) is 10.8. The zero-order valence-corrected chi connectivity index (χ0v) is 12.6. The number of H-pyrrole nitrogens is 2. The molecule has 1 fully saturated rings. The van der Waals surface area contributed by atoms with Gasteiger partial charge in [0.25, 0.3) is 5.69 Å². The number of hydrogen-bond acceptors (Lipinski definition) is 5. The monoisotopic (exact) mass is 356 g/mol. The first-order valence-corrected chi connectivity index (χ1v) is 6.21. The van der Waals surface area contributed by atoms with E-state index in [9.17, 15) is 19.7 Å². The van der Waals surface area contributed by atoms with Gasteiger partial charge >= 0.3 is 11.1 Å². The lowest BCUT2D eigenvalue weighted by molar-refractivity contribution is -0.384. The van der Waals surface area contributed by atoms with Gasteiger partial charge in [0.2, 0.25) is 0 Å². The molecule has 0 saturated heterocycles. The van der Waals surface area contributed by atoms with Crippen LogP contribution >= 0.6 is 17.0 Å². The molecular formula is C12H13BrN4O4. The minimum absolute atomic E-state index is 0. The van der Waals surface area contributed by atoms with Crippen LogP contribution in [0.5, 0.6) is 0 Å². The number of nitro groups is 1. The molecule has 3 N–H and O–H groups in total. The number of nitro benzene ring substituents is 1. The van der Waals surface area contributed by atoms with Crippen molar-refractivity contribution in [3.8, 4) is 0 Å². The summed E-state index contributed by atoms with van der Waals surface area (Å²) in [6, 6.07) is 3.08. The van der Waals surface area contributed by atoms with Gasteiger partial charge < -0.3 is 15.3 Å². The normalized spacial score (nSPS) is 13.9. The summed E-state index contributed by atoms with van der Waals surface area (Å²) in [7, 11) is 0. The molecule has 0 spiro atoms. The lowest BCUT2D eigenvalue weighted by Crippen LogP contribution is -2.29. The molecule has 0 bridgehead atoms. The van der Waals surface area contributed by atoms with Crippen molar-refractivity contribution in [2.75, 3.05) is 0 Å². The topological polar surface area (TPSA) is 121 Å². The van der Waals surface area contributed by atoms with Crippen molar-refractivity contribution in [1.82, 2.24) is 15.3 Å². The van der Waals surface area contributed by atoms with E-state index < -0.39 is 16.0 Å². The molecule has 0 unspecified atom stereocenters. The molecule has 0 aliphatic heterocycles. The van der Waals surface area contributed by atoms with E-state index in [4.69, 9.17) is 0 Å². The van der Waals surface area contributed by atoms with Crippen molar-refractivity contribution in [1.29, 1.82) is 0 Å². The van der Waals surface area contributed by atoms with E-state index in [0.717, 1.165) is 12.8 Å². The Kier molecular flexibility index (Phi) is 4.24. The molecule has 21 heavy (non-hydrogen) atoms.